The van der Waals surface area contributed by atoms with Crippen molar-refractivity contribution >= 4 is 69.1 Å². The van der Waals surface area contributed by atoms with Gasteiger partial charge in [-0.1, -0.05) is 46.3 Å². The molecule has 0 saturated carbocycles. The van der Waals surface area contributed by atoms with Crippen LogP contribution in [0.1, 0.15) is 0 Å². The van der Waals surface area contributed by atoms with Crippen molar-refractivity contribution in [2.24, 2.45) is 0 Å². The van der Waals surface area contributed by atoms with E-state index in [9.17, 15) is 9.59 Å². The van der Waals surface area contributed by atoms with E-state index in [1.165, 1.54) is 23.1 Å². The van der Waals surface area contributed by atoms with Crippen LogP contribution >= 0.6 is 46.3 Å². The van der Waals surface area contributed by atoms with E-state index in [-0.39, 0.29) is 11.7 Å². The molecule has 12 heteroatoms. The number of halogens is 2. The van der Waals surface area contributed by atoms with Crippen LogP contribution in [0, 0.1) is 0 Å². The largest absolute Gasteiger partial charge is 0.383 e. The Morgan fingerprint density at radius 1 is 1.23 bits per heavy atom. The lowest BCUT2D eigenvalue weighted by atomic mass is 10.3. The topological polar surface area (TPSA) is 105 Å². The van der Waals surface area contributed by atoms with Gasteiger partial charge in [0.15, 0.2) is 4.34 Å². The van der Waals surface area contributed by atoms with Gasteiger partial charge in [0.1, 0.15) is 0 Å². The first-order valence-corrected chi connectivity index (χ1v) is 9.78. The number of hydrogen-bond acceptors (Lipinski definition) is 7. The third-order valence-electron chi connectivity index (χ3n) is 2.75. The number of benzene rings is 1. The Morgan fingerprint density at radius 3 is 2.77 bits per heavy atom. The Morgan fingerprint density at radius 2 is 2.04 bits per heavy atom. The Kier molecular flexibility index (Phi) is 8.39. The van der Waals surface area contributed by atoms with E-state index in [0.717, 1.165) is 0 Å². The number of rotatable bonds is 8. The first-order valence-electron chi connectivity index (χ1n) is 7.23. The number of anilines is 2. The summed E-state index contributed by atoms with van der Waals surface area (Å²) < 4.78 is 5.39. The number of amides is 3. The molecule has 8 nitrogen and oxygen atoms in total. The second-order valence-corrected chi connectivity index (χ2v) is 7.73. The van der Waals surface area contributed by atoms with Crippen LogP contribution in [0.15, 0.2) is 22.5 Å². The molecule has 1 heterocycles. The molecule has 0 atom stereocenters. The fourth-order valence-corrected chi connectivity index (χ4v) is 3.47. The Balaban J connectivity index is 1.77. The number of ether oxygens (including phenoxy) is 1. The standard InChI is InChI=1S/C14H15Cl2N5O3S2/c1-24-5-4-17-12(23)19-13-20-21-14(26-13)25-7-11(22)18-8-2-3-9(15)10(16)6-8/h2-3,6H,4-5,7H2,1H3,(H,18,22)(H2,17,19,20,23). The molecule has 0 aliphatic rings. The summed E-state index contributed by atoms with van der Waals surface area (Å²) in [5, 5.41) is 16.8. The lowest BCUT2D eigenvalue weighted by molar-refractivity contribution is -0.113. The second-order valence-electron chi connectivity index (χ2n) is 4.71. The minimum absolute atomic E-state index is 0.134. The predicted molar refractivity (Wildman–Crippen MR) is 105 cm³/mol. The molecule has 0 aliphatic heterocycles. The van der Waals surface area contributed by atoms with Gasteiger partial charge in [0.05, 0.1) is 22.4 Å². The summed E-state index contributed by atoms with van der Waals surface area (Å²) in [5.41, 5.74) is 0.553. The molecular formula is C14H15Cl2N5O3S2. The molecule has 3 N–H and O–H groups in total. The van der Waals surface area contributed by atoms with Crippen LogP contribution in [0.25, 0.3) is 0 Å². The van der Waals surface area contributed by atoms with Gasteiger partial charge in [0.25, 0.3) is 0 Å². The molecule has 0 spiro atoms. The molecule has 0 aliphatic carbocycles. The molecule has 26 heavy (non-hydrogen) atoms. The number of methoxy groups -OCH3 is 1. The molecule has 140 valence electrons. The molecular weight excluding hydrogens is 421 g/mol. The fourth-order valence-electron chi connectivity index (χ4n) is 1.62. The number of aromatic nitrogens is 2. The molecule has 1 aromatic carbocycles. The van der Waals surface area contributed by atoms with Gasteiger partial charge in [-0.25, -0.2) is 4.79 Å². The first kappa shape index (κ1) is 20.7. The highest BCUT2D eigenvalue weighted by Crippen LogP contribution is 2.27. The molecule has 0 fully saturated rings. The van der Waals surface area contributed by atoms with Crippen molar-refractivity contribution in [2.45, 2.75) is 4.34 Å². The van der Waals surface area contributed by atoms with Crippen molar-refractivity contribution in [3.8, 4) is 0 Å². The summed E-state index contributed by atoms with van der Waals surface area (Å²) in [6.45, 7) is 0.802. The maximum absolute atomic E-state index is 12.0. The van der Waals surface area contributed by atoms with E-state index in [1.54, 1.807) is 25.3 Å². The Labute approximate surface area is 168 Å². The normalized spacial score (nSPS) is 10.4. The van der Waals surface area contributed by atoms with Crippen molar-refractivity contribution in [3.05, 3.63) is 28.2 Å². The Bertz CT molecular complexity index is 775. The summed E-state index contributed by atoms with van der Waals surface area (Å²) >= 11 is 14.1. The number of carbonyl (C=O) groups is 2. The van der Waals surface area contributed by atoms with Crippen molar-refractivity contribution in [3.63, 3.8) is 0 Å². The van der Waals surface area contributed by atoms with Crippen molar-refractivity contribution in [1.82, 2.24) is 15.5 Å². The summed E-state index contributed by atoms with van der Waals surface area (Å²) in [4.78, 5) is 23.6. The van der Waals surface area contributed by atoms with Gasteiger partial charge in [0.2, 0.25) is 11.0 Å². The summed E-state index contributed by atoms with van der Waals surface area (Å²) in [7, 11) is 1.55. The monoisotopic (exact) mass is 435 g/mol. The zero-order valence-electron chi connectivity index (χ0n) is 13.5. The molecule has 1 aromatic heterocycles. The summed E-state index contributed by atoms with van der Waals surface area (Å²) in [6, 6.07) is 4.44. The summed E-state index contributed by atoms with van der Waals surface area (Å²) in [6.07, 6.45) is 0. The number of urea groups is 1. The van der Waals surface area contributed by atoms with E-state index in [1.807, 2.05) is 0 Å². The van der Waals surface area contributed by atoms with Crippen LogP contribution < -0.4 is 16.0 Å². The van der Waals surface area contributed by atoms with Gasteiger partial charge < -0.3 is 15.4 Å². The van der Waals surface area contributed by atoms with Crippen LogP contribution in [0.2, 0.25) is 10.0 Å². The molecule has 0 unspecified atom stereocenters. The van der Waals surface area contributed by atoms with Crippen LogP contribution in [0.4, 0.5) is 15.6 Å². The predicted octanol–water partition coefficient (Wildman–Crippen LogP) is 3.34. The molecule has 3 amide bonds. The maximum atomic E-state index is 12.0. The number of thioether (sulfide) groups is 1. The highest BCUT2D eigenvalue weighted by Gasteiger charge is 2.11. The van der Waals surface area contributed by atoms with E-state index in [0.29, 0.717) is 38.4 Å². The maximum Gasteiger partial charge on any atom is 0.321 e. The van der Waals surface area contributed by atoms with Gasteiger partial charge in [-0.3, -0.25) is 10.1 Å². The number of hydrogen-bond donors (Lipinski definition) is 3. The van der Waals surface area contributed by atoms with E-state index in [4.69, 9.17) is 27.9 Å². The number of nitrogens with one attached hydrogen (secondary N) is 3. The lowest BCUT2D eigenvalue weighted by Gasteiger charge is -2.05. The molecule has 0 bridgehead atoms. The van der Waals surface area contributed by atoms with Crippen LogP contribution in [0.5, 0.6) is 0 Å². The third-order valence-corrected chi connectivity index (χ3v) is 5.46. The average molecular weight is 436 g/mol. The molecule has 2 rings (SSSR count). The first-order chi connectivity index (χ1) is 12.5. The van der Waals surface area contributed by atoms with Crippen LogP contribution in [-0.2, 0) is 9.53 Å². The lowest BCUT2D eigenvalue weighted by Crippen LogP contribution is -2.31. The highest BCUT2D eigenvalue weighted by molar-refractivity contribution is 8.01. The zero-order chi connectivity index (χ0) is 18.9. The highest BCUT2D eigenvalue weighted by atomic mass is 35.5. The van der Waals surface area contributed by atoms with E-state index >= 15 is 0 Å². The van der Waals surface area contributed by atoms with Gasteiger partial charge >= 0.3 is 6.03 Å². The van der Waals surface area contributed by atoms with Crippen LogP contribution in [-0.4, -0.2) is 48.1 Å². The molecule has 2 aromatic rings. The zero-order valence-corrected chi connectivity index (χ0v) is 16.7. The van der Waals surface area contributed by atoms with Crippen molar-refractivity contribution in [2.75, 3.05) is 36.6 Å². The van der Waals surface area contributed by atoms with Crippen LogP contribution in [0.3, 0.4) is 0 Å². The quantitative estimate of drug-likeness (QED) is 0.333. The SMILES string of the molecule is COCCNC(=O)Nc1nnc(SCC(=O)Nc2ccc(Cl)c(Cl)c2)s1. The molecule has 0 saturated heterocycles. The number of nitrogens with zero attached hydrogens (tertiary/aromatic N) is 2. The van der Waals surface area contributed by atoms with Gasteiger partial charge in [-0.15, -0.1) is 10.2 Å². The minimum Gasteiger partial charge on any atom is -0.383 e. The minimum atomic E-state index is -0.396. The van der Waals surface area contributed by atoms with Crippen molar-refractivity contribution in [1.29, 1.82) is 0 Å². The number of carbonyl (C=O) groups excluding carboxylic acids is 2. The average Bonchev–Trinajstić information content (AvgIpc) is 3.04. The van der Waals surface area contributed by atoms with Gasteiger partial charge in [-0.2, -0.15) is 0 Å². The molecule has 0 radical (unpaired) electrons. The van der Waals surface area contributed by atoms with E-state index in [2.05, 4.69) is 26.1 Å². The summed E-state index contributed by atoms with van der Waals surface area (Å²) in [5.74, 6) is -0.0926. The van der Waals surface area contributed by atoms with Crippen molar-refractivity contribution < 1.29 is 14.3 Å². The van der Waals surface area contributed by atoms with E-state index < -0.39 is 6.03 Å². The fraction of sp³-hybridized carbons (Fsp3) is 0.286. The Hall–Kier alpha value is -1.59. The third kappa shape index (κ3) is 6.96. The second kappa shape index (κ2) is 10.5. The smallest absolute Gasteiger partial charge is 0.321 e. The van der Waals surface area contributed by atoms with Gasteiger partial charge in [0, 0.05) is 19.3 Å². The van der Waals surface area contributed by atoms with Gasteiger partial charge in [-0.05, 0) is 18.2 Å².